The van der Waals surface area contributed by atoms with Crippen molar-refractivity contribution in [3.8, 4) is 22.5 Å². The van der Waals surface area contributed by atoms with Crippen molar-refractivity contribution in [2.24, 2.45) is 5.73 Å². The van der Waals surface area contributed by atoms with Gasteiger partial charge in [-0.25, -0.2) is 4.39 Å². The van der Waals surface area contributed by atoms with E-state index in [4.69, 9.17) is 10.2 Å². The van der Waals surface area contributed by atoms with Crippen molar-refractivity contribution in [2.45, 2.75) is 37.6 Å². The third-order valence-corrected chi connectivity index (χ3v) is 6.22. The molecule has 31 heavy (non-hydrogen) atoms. The molecular formula is C23H21FN6O. The fraction of sp³-hybridized carbons (Fsp3) is 0.261. The maximum absolute atomic E-state index is 13.5. The summed E-state index contributed by atoms with van der Waals surface area (Å²) in [4.78, 5) is 4.66. The quantitative estimate of drug-likeness (QED) is 0.470. The number of pyridine rings is 1. The highest BCUT2D eigenvalue weighted by Gasteiger charge is 2.25. The minimum Gasteiger partial charge on any atom is -0.432 e. The Labute approximate surface area is 177 Å². The molecule has 1 saturated carbocycles. The molecule has 0 saturated heterocycles. The molecule has 4 heterocycles. The Morgan fingerprint density at radius 3 is 2.52 bits per heavy atom. The summed E-state index contributed by atoms with van der Waals surface area (Å²) in [7, 11) is 0. The van der Waals surface area contributed by atoms with Crippen LogP contribution in [0.25, 0.3) is 34.0 Å². The van der Waals surface area contributed by atoms with E-state index in [1.807, 2.05) is 22.7 Å². The Hall–Kier alpha value is -3.52. The number of fused-ring (bicyclic) bond motifs is 2. The van der Waals surface area contributed by atoms with Crippen LogP contribution in [-0.4, -0.2) is 30.0 Å². The average molecular weight is 416 g/mol. The van der Waals surface area contributed by atoms with Crippen molar-refractivity contribution >= 4 is 11.5 Å². The first-order valence-electron chi connectivity index (χ1n) is 10.5. The van der Waals surface area contributed by atoms with Crippen LogP contribution in [0.5, 0.6) is 0 Å². The summed E-state index contributed by atoms with van der Waals surface area (Å²) >= 11 is 0. The van der Waals surface area contributed by atoms with Gasteiger partial charge >= 0.3 is 5.84 Å². The first-order valence-corrected chi connectivity index (χ1v) is 10.5. The lowest BCUT2D eigenvalue weighted by Gasteiger charge is -2.24. The van der Waals surface area contributed by atoms with Gasteiger partial charge in [-0.2, -0.15) is 4.98 Å². The third kappa shape index (κ3) is 3.02. The zero-order valence-electron chi connectivity index (χ0n) is 16.8. The Balaban J connectivity index is 1.51. The zero-order chi connectivity index (χ0) is 20.9. The molecule has 0 radical (unpaired) electrons. The van der Waals surface area contributed by atoms with Gasteiger partial charge in [-0.3, -0.25) is 8.80 Å². The maximum Gasteiger partial charge on any atom is 0.306 e. The molecule has 7 nitrogen and oxygen atoms in total. The zero-order valence-corrected chi connectivity index (χ0v) is 16.8. The lowest BCUT2D eigenvalue weighted by atomic mass is 9.86. The van der Waals surface area contributed by atoms with Crippen LogP contribution in [0, 0.1) is 5.82 Å². The van der Waals surface area contributed by atoms with E-state index < -0.39 is 0 Å². The van der Waals surface area contributed by atoms with E-state index in [0.717, 1.165) is 59.7 Å². The molecule has 1 aromatic carbocycles. The summed E-state index contributed by atoms with van der Waals surface area (Å²) < 4.78 is 23.0. The molecule has 5 aromatic rings. The molecule has 1 fully saturated rings. The molecular weight excluding hydrogens is 395 g/mol. The molecule has 0 unspecified atom stereocenters. The molecule has 4 aromatic heterocycles. The van der Waals surface area contributed by atoms with E-state index in [-0.39, 0.29) is 11.9 Å². The number of hydrogen-bond acceptors (Lipinski definition) is 5. The number of nitrogens with zero attached hydrogens (tertiary/aromatic N) is 5. The summed E-state index contributed by atoms with van der Waals surface area (Å²) in [5, 5.41) is 8.88. The summed E-state index contributed by atoms with van der Waals surface area (Å²) in [6, 6.07) is 10.6. The van der Waals surface area contributed by atoms with E-state index in [9.17, 15) is 4.39 Å². The Kier molecular flexibility index (Phi) is 4.14. The minimum atomic E-state index is -0.282. The maximum atomic E-state index is 13.5. The molecule has 1 aliphatic carbocycles. The van der Waals surface area contributed by atoms with Crippen molar-refractivity contribution in [2.75, 3.05) is 0 Å². The first kappa shape index (κ1) is 18.3. The standard InChI is InChI=1S/C23H21FN6O/c24-17-6-1-14(2-7-17)20-21(29-11-12-31-23(29)26-20)16-5-10-19-27-28-22(30(19)13-16)15-3-8-18(25)9-4-15/h1-2,5-7,10-13,15,18H,3-4,8-9,25H2/t15-,18-. The number of imidazole rings is 1. The van der Waals surface area contributed by atoms with Crippen molar-refractivity contribution < 1.29 is 8.81 Å². The number of nitrogens with two attached hydrogens (primary N) is 1. The SMILES string of the molecule is N[C@H]1CC[C@H](c2nnc3ccc(-c4c(-c5ccc(F)cc5)nc5occn45)cn32)CC1. The minimum absolute atomic E-state index is 0.282. The molecule has 0 amide bonds. The highest BCUT2D eigenvalue weighted by molar-refractivity contribution is 5.81. The van der Waals surface area contributed by atoms with Crippen LogP contribution in [0.4, 0.5) is 4.39 Å². The molecule has 2 N–H and O–H groups in total. The van der Waals surface area contributed by atoms with E-state index in [1.165, 1.54) is 12.1 Å². The molecule has 156 valence electrons. The molecule has 8 heteroatoms. The number of hydrogen-bond donors (Lipinski definition) is 1. The topological polar surface area (TPSA) is 86.6 Å². The monoisotopic (exact) mass is 416 g/mol. The second-order valence-electron chi connectivity index (χ2n) is 8.19. The van der Waals surface area contributed by atoms with Gasteiger partial charge in [0.15, 0.2) is 5.65 Å². The van der Waals surface area contributed by atoms with Gasteiger partial charge in [0.25, 0.3) is 0 Å². The van der Waals surface area contributed by atoms with Crippen molar-refractivity contribution in [3.05, 3.63) is 66.7 Å². The number of halogens is 1. The molecule has 0 bridgehead atoms. The smallest absolute Gasteiger partial charge is 0.306 e. The molecule has 0 aliphatic heterocycles. The van der Waals surface area contributed by atoms with Gasteiger partial charge in [-0.05, 0) is 62.1 Å². The largest absolute Gasteiger partial charge is 0.432 e. The fourth-order valence-corrected chi connectivity index (χ4v) is 4.57. The lowest BCUT2D eigenvalue weighted by Crippen LogP contribution is -2.26. The summed E-state index contributed by atoms with van der Waals surface area (Å²) in [5.74, 6) is 1.52. The Bertz CT molecular complexity index is 1370. The van der Waals surface area contributed by atoms with Crippen LogP contribution in [0.2, 0.25) is 0 Å². The highest BCUT2D eigenvalue weighted by atomic mass is 19.1. The van der Waals surface area contributed by atoms with Crippen molar-refractivity contribution in [1.82, 2.24) is 24.0 Å². The molecule has 1 aliphatic rings. The highest BCUT2D eigenvalue weighted by Crippen LogP contribution is 2.35. The number of oxazole rings is 1. The van der Waals surface area contributed by atoms with Crippen molar-refractivity contribution in [3.63, 3.8) is 0 Å². The summed E-state index contributed by atoms with van der Waals surface area (Å²) in [6.45, 7) is 0. The normalized spacial score (nSPS) is 19.4. The van der Waals surface area contributed by atoms with Gasteiger partial charge in [0, 0.05) is 35.5 Å². The van der Waals surface area contributed by atoms with Crippen LogP contribution in [0.3, 0.4) is 0 Å². The average Bonchev–Trinajstić information content (AvgIpc) is 3.49. The second-order valence-corrected chi connectivity index (χ2v) is 8.19. The van der Waals surface area contributed by atoms with Gasteiger partial charge in [-0.15, -0.1) is 10.2 Å². The number of rotatable bonds is 3. The number of aromatic nitrogens is 5. The van der Waals surface area contributed by atoms with Crippen LogP contribution in [0.15, 0.2) is 59.5 Å². The Morgan fingerprint density at radius 1 is 0.935 bits per heavy atom. The molecule has 0 atom stereocenters. The summed E-state index contributed by atoms with van der Waals surface area (Å²) in [5.41, 5.74) is 10.3. The fourth-order valence-electron chi connectivity index (χ4n) is 4.57. The van der Waals surface area contributed by atoms with Crippen LogP contribution >= 0.6 is 0 Å². The van der Waals surface area contributed by atoms with Gasteiger partial charge in [0.05, 0.1) is 5.69 Å². The molecule has 0 spiro atoms. The van der Waals surface area contributed by atoms with Crippen LogP contribution < -0.4 is 5.73 Å². The van der Waals surface area contributed by atoms with Gasteiger partial charge in [0.1, 0.15) is 23.6 Å². The predicted octanol–water partition coefficient (Wildman–Crippen LogP) is 4.43. The molecule has 6 rings (SSSR count). The third-order valence-electron chi connectivity index (χ3n) is 6.22. The van der Waals surface area contributed by atoms with Crippen LogP contribution in [0.1, 0.15) is 37.4 Å². The van der Waals surface area contributed by atoms with Gasteiger partial charge in [0.2, 0.25) is 0 Å². The van der Waals surface area contributed by atoms with E-state index in [1.54, 1.807) is 18.4 Å². The predicted molar refractivity (Wildman–Crippen MR) is 114 cm³/mol. The van der Waals surface area contributed by atoms with Crippen LogP contribution in [-0.2, 0) is 0 Å². The van der Waals surface area contributed by atoms with Gasteiger partial charge < -0.3 is 10.2 Å². The van der Waals surface area contributed by atoms with Gasteiger partial charge in [-0.1, -0.05) is 0 Å². The van der Waals surface area contributed by atoms with E-state index in [2.05, 4.69) is 25.8 Å². The summed E-state index contributed by atoms with van der Waals surface area (Å²) in [6.07, 6.45) is 9.55. The van der Waals surface area contributed by atoms with E-state index in [0.29, 0.717) is 11.8 Å². The Morgan fingerprint density at radius 2 is 1.71 bits per heavy atom. The first-order chi connectivity index (χ1) is 15.2. The lowest BCUT2D eigenvalue weighted by molar-refractivity contribution is 0.383. The van der Waals surface area contributed by atoms with Crippen molar-refractivity contribution in [1.29, 1.82) is 0 Å². The number of benzene rings is 1. The second kappa shape index (κ2) is 7.02. The van der Waals surface area contributed by atoms with E-state index >= 15 is 0 Å².